The molecule has 2 heterocycles. The van der Waals surface area contributed by atoms with Gasteiger partial charge in [-0.15, -0.1) is 13.2 Å². The van der Waals surface area contributed by atoms with Gasteiger partial charge in [-0.3, -0.25) is 0 Å². The van der Waals surface area contributed by atoms with Crippen molar-refractivity contribution in [1.29, 1.82) is 0 Å². The van der Waals surface area contributed by atoms with Crippen molar-refractivity contribution in [2.75, 3.05) is 13.2 Å². The second-order valence-corrected chi connectivity index (χ2v) is 9.44. The van der Waals surface area contributed by atoms with Gasteiger partial charge in [0.25, 0.3) is 0 Å². The molecule has 214 valence electrons. The maximum atomic E-state index is 15.0. The molecule has 2 aliphatic rings. The molecule has 40 heavy (non-hydrogen) atoms. The van der Waals surface area contributed by atoms with E-state index in [1.165, 1.54) is 12.1 Å². The van der Waals surface area contributed by atoms with Crippen molar-refractivity contribution >= 4 is 0 Å². The lowest BCUT2D eigenvalue weighted by atomic mass is 9.97. The number of rotatable bonds is 7. The topological polar surface area (TPSA) is 36.9 Å². The summed E-state index contributed by atoms with van der Waals surface area (Å²) < 4.78 is 143. The van der Waals surface area contributed by atoms with Crippen molar-refractivity contribution in [3.63, 3.8) is 0 Å². The highest BCUT2D eigenvalue weighted by molar-refractivity contribution is 5.72. The predicted octanol–water partition coefficient (Wildman–Crippen LogP) is 7.89. The van der Waals surface area contributed by atoms with Crippen LogP contribution in [-0.2, 0) is 31.0 Å². The maximum absolute atomic E-state index is 15.0. The Morgan fingerprint density at radius 1 is 0.750 bits per heavy atom. The van der Waals surface area contributed by atoms with Crippen molar-refractivity contribution in [2.45, 2.75) is 43.8 Å². The molecule has 13 heteroatoms. The van der Waals surface area contributed by atoms with Gasteiger partial charge < -0.3 is 14.2 Å². The third kappa shape index (κ3) is 5.06. The van der Waals surface area contributed by atoms with Gasteiger partial charge in [-0.1, -0.05) is 37.6 Å². The Kier molecular flexibility index (Phi) is 6.93. The van der Waals surface area contributed by atoms with Crippen LogP contribution in [-0.4, -0.2) is 25.2 Å². The van der Waals surface area contributed by atoms with E-state index in [4.69, 9.17) is 14.2 Å². The SMILES string of the molecule is CCCC12COC(c3ccc(-c4cc(F)c(-c5cc(F)c(C(F)(F)OC(F)(F)F)c(F)c5)c(F)c4)cc3)(OC1)O2. The highest BCUT2D eigenvalue weighted by Crippen LogP contribution is 2.49. The first kappa shape index (κ1) is 28.4. The monoisotopic (exact) mass is 578 g/mol. The van der Waals surface area contributed by atoms with Gasteiger partial charge in [0.15, 0.2) is 0 Å². The van der Waals surface area contributed by atoms with Crippen LogP contribution in [0.1, 0.15) is 30.9 Å². The minimum Gasteiger partial charge on any atom is -0.320 e. The third-order valence-corrected chi connectivity index (χ3v) is 6.59. The first-order valence-electron chi connectivity index (χ1n) is 11.9. The average molecular weight is 578 g/mol. The fraction of sp³-hybridized carbons (Fsp3) is 0.333. The molecule has 0 spiro atoms. The van der Waals surface area contributed by atoms with Gasteiger partial charge in [0.05, 0.1) is 18.8 Å². The molecule has 0 amide bonds. The molecular formula is C27H19F9O4. The summed E-state index contributed by atoms with van der Waals surface area (Å²) in [5.41, 5.74) is -3.89. The van der Waals surface area contributed by atoms with Gasteiger partial charge in [0, 0.05) is 5.56 Å². The van der Waals surface area contributed by atoms with Crippen LogP contribution in [0.4, 0.5) is 39.5 Å². The molecule has 0 saturated carbocycles. The van der Waals surface area contributed by atoms with E-state index in [1.807, 2.05) is 6.92 Å². The van der Waals surface area contributed by atoms with E-state index < -0.39 is 64.0 Å². The van der Waals surface area contributed by atoms with Crippen molar-refractivity contribution in [2.24, 2.45) is 0 Å². The zero-order valence-corrected chi connectivity index (χ0v) is 20.5. The largest absolute Gasteiger partial charge is 0.527 e. The van der Waals surface area contributed by atoms with Crippen molar-refractivity contribution < 1.29 is 58.5 Å². The minimum absolute atomic E-state index is 0.0198. The van der Waals surface area contributed by atoms with E-state index in [-0.39, 0.29) is 17.7 Å². The summed E-state index contributed by atoms with van der Waals surface area (Å²) in [7, 11) is 0. The normalized spacial score (nSPS) is 22.8. The molecule has 2 fully saturated rings. The first-order valence-corrected chi connectivity index (χ1v) is 11.9. The van der Waals surface area contributed by atoms with Crippen LogP contribution >= 0.6 is 0 Å². The van der Waals surface area contributed by atoms with E-state index in [2.05, 4.69) is 4.74 Å². The van der Waals surface area contributed by atoms with E-state index in [9.17, 15) is 39.5 Å². The van der Waals surface area contributed by atoms with Gasteiger partial charge >= 0.3 is 18.4 Å². The quantitative estimate of drug-likeness (QED) is 0.267. The Bertz CT molecular complexity index is 1380. The first-order chi connectivity index (χ1) is 18.7. The highest BCUT2D eigenvalue weighted by Gasteiger charge is 2.59. The van der Waals surface area contributed by atoms with Gasteiger partial charge in [0.2, 0.25) is 0 Å². The van der Waals surface area contributed by atoms with Crippen LogP contribution < -0.4 is 0 Å². The highest BCUT2D eigenvalue weighted by atomic mass is 19.4. The number of halogens is 9. The second kappa shape index (κ2) is 9.75. The number of fused-ring (bicyclic) bond motifs is 2. The zero-order valence-electron chi connectivity index (χ0n) is 20.5. The molecule has 0 N–H and O–H groups in total. The molecule has 0 aromatic heterocycles. The molecule has 3 aromatic rings. The second-order valence-electron chi connectivity index (χ2n) is 9.44. The lowest BCUT2D eigenvalue weighted by Crippen LogP contribution is -2.35. The summed E-state index contributed by atoms with van der Waals surface area (Å²) in [6, 6.07) is 8.06. The van der Waals surface area contributed by atoms with Gasteiger partial charge in [-0.2, -0.15) is 8.78 Å². The molecule has 2 bridgehead atoms. The molecule has 2 saturated heterocycles. The van der Waals surface area contributed by atoms with E-state index in [0.29, 0.717) is 24.3 Å². The number of benzene rings is 3. The lowest BCUT2D eigenvalue weighted by Gasteiger charge is -2.24. The van der Waals surface area contributed by atoms with Crippen LogP contribution in [0.25, 0.3) is 22.3 Å². The molecule has 0 atom stereocenters. The molecular weight excluding hydrogens is 559 g/mol. The van der Waals surface area contributed by atoms with Crippen LogP contribution in [0.15, 0.2) is 48.5 Å². The average Bonchev–Trinajstić information content (AvgIpc) is 3.39. The van der Waals surface area contributed by atoms with Gasteiger partial charge in [-0.05, 0) is 47.4 Å². The summed E-state index contributed by atoms with van der Waals surface area (Å²) in [5, 5.41) is 0. The summed E-state index contributed by atoms with van der Waals surface area (Å²) in [6.07, 6.45) is -9.77. The Morgan fingerprint density at radius 2 is 1.27 bits per heavy atom. The smallest absolute Gasteiger partial charge is 0.320 e. The minimum atomic E-state index is -5.92. The molecule has 0 aliphatic carbocycles. The molecule has 3 aromatic carbocycles. The fourth-order valence-corrected chi connectivity index (χ4v) is 4.89. The van der Waals surface area contributed by atoms with E-state index in [1.54, 1.807) is 12.1 Å². The Morgan fingerprint density at radius 3 is 1.77 bits per heavy atom. The van der Waals surface area contributed by atoms with Crippen molar-refractivity contribution in [1.82, 2.24) is 0 Å². The molecule has 2 aliphatic heterocycles. The van der Waals surface area contributed by atoms with Gasteiger partial charge in [0.1, 0.15) is 34.4 Å². The fourth-order valence-electron chi connectivity index (χ4n) is 4.89. The Hall–Kier alpha value is -3.13. The van der Waals surface area contributed by atoms with Crippen molar-refractivity contribution in [3.8, 4) is 22.3 Å². The summed E-state index contributed by atoms with van der Waals surface area (Å²) >= 11 is 0. The van der Waals surface area contributed by atoms with E-state index >= 15 is 0 Å². The summed E-state index contributed by atoms with van der Waals surface area (Å²) in [5.74, 6) is -8.41. The number of hydrogen-bond acceptors (Lipinski definition) is 4. The number of ether oxygens (including phenoxy) is 4. The molecule has 0 unspecified atom stereocenters. The van der Waals surface area contributed by atoms with E-state index in [0.717, 1.165) is 25.0 Å². The maximum Gasteiger partial charge on any atom is 0.527 e. The van der Waals surface area contributed by atoms with Crippen molar-refractivity contribution in [3.05, 3.63) is 82.9 Å². The van der Waals surface area contributed by atoms with Crippen LogP contribution in [0, 0.1) is 23.3 Å². The number of alkyl halides is 5. The van der Waals surface area contributed by atoms with Crippen LogP contribution in [0.2, 0.25) is 0 Å². The zero-order chi connectivity index (χ0) is 29.1. The summed E-state index contributed by atoms with van der Waals surface area (Å²) in [4.78, 5) is 0. The Balaban J connectivity index is 1.42. The molecule has 5 rings (SSSR count). The molecule has 4 nitrogen and oxygen atoms in total. The van der Waals surface area contributed by atoms with Crippen LogP contribution in [0.3, 0.4) is 0 Å². The predicted molar refractivity (Wildman–Crippen MR) is 120 cm³/mol. The molecule has 0 radical (unpaired) electrons. The Labute approximate surface area is 221 Å². The standard InChI is InChI=1S/C27H19F9O4/c1-2-7-24-12-37-26(39-24,38-13-24)17-5-3-14(4-6-17)15-8-18(28)22(19(29)9-15)16-10-20(30)23(21(31)11-16)25(32,33)40-27(34,35)36/h3-6,8-11H,2,7,12-13H2,1H3. The third-order valence-electron chi connectivity index (χ3n) is 6.59. The van der Waals surface area contributed by atoms with Gasteiger partial charge in [-0.25, -0.2) is 22.3 Å². The number of hydrogen-bond donors (Lipinski definition) is 0. The summed E-state index contributed by atoms with van der Waals surface area (Å²) in [6.45, 7) is 2.69. The van der Waals surface area contributed by atoms with Crippen LogP contribution in [0.5, 0.6) is 0 Å². The lowest BCUT2D eigenvalue weighted by molar-refractivity contribution is -0.432.